The predicted octanol–water partition coefficient (Wildman–Crippen LogP) is 4.86. The van der Waals surface area contributed by atoms with E-state index in [1.807, 2.05) is 36.4 Å². The van der Waals surface area contributed by atoms with E-state index >= 15 is 0 Å². The van der Waals surface area contributed by atoms with E-state index in [2.05, 4.69) is 23.7 Å². The zero-order chi connectivity index (χ0) is 17.6. The SMILES string of the molecule is COC(=O)[C@@H]1CSc2c(c3ccccc3n2C)[C@@H]1c1ccccc1Cl. The summed E-state index contributed by atoms with van der Waals surface area (Å²) in [5, 5.41) is 3.06. The summed E-state index contributed by atoms with van der Waals surface area (Å²) < 4.78 is 7.33. The van der Waals surface area contributed by atoms with Crippen LogP contribution in [0.5, 0.6) is 0 Å². The lowest BCUT2D eigenvalue weighted by atomic mass is 9.81. The summed E-state index contributed by atoms with van der Waals surface area (Å²) in [4.78, 5) is 12.5. The molecule has 1 aromatic heterocycles. The molecule has 2 heterocycles. The van der Waals surface area contributed by atoms with Gasteiger partial charge in [-0.2, -0.15) is 0 Å². The molecule has 0 fully saturated rings. The van der Waals surface area contributed by atoms with Crippen LogP contribution in [0.1, 0.15) is 17.0 Å². The molecule has 0 amide bonds. The van der Waals surface area contributed by atoms with Gasteiger partial charge in [-0.3, -0.25) is 4.79 Å². The van der Waals surface area contributed by atoms with Gasteiger partial charge in [0.1, 0.15) is 0 Å². The molecular formula is C20H18ClNO2S. The lowest BCUT2D eigenvalue weighted by Crippen LogP contribution is -2.30. The molecule has 0 radical (unpaired) electrons. The van der Waals surface area contributed by atoms with E-state index in [9.17, 15) is 4.79 Å². The zero-order valence-electron chi connectivity index (χ0n) is 14.0. The average Bonchev–Trinajstić information content (AvgIpc) is 2.94. The third-order valence-electron chi connectivity index (χ3n) is 4.95. The van der Waals surface area contributed by atoms with Gasteiger partial charge in [-0.25, -0.2) is 0 Å². The molecule has 0 saturated heterocycles. The predicted molar refractivity (Wildman–Crippen MR) is 102 cm³/mol. The second-order valence-electron chi connectivity index (χ2n) is 6.23. The Balaban J connectivity index is 2.02. The molecule has 0 spiro atoms. The Morgan fingerprint density at radius 2 is 1.92 bits per heavy atom. The number of carbonyl (C=O) groups excluding carboxylic acids is 1. The van der Waals surface area contributed by atoms with Crippen molar-refractivity contribution in [2.45, 2.75) is 10.9 Å². The van der Waals surface area contributed by atoms with E-state index in [-0.39, 0.29) is 17.8 Å². The van der Waals surface area contributed by atoms with E-state index in [1.54, 1.807) is 11.8 Å². The zero-order valence-corrected chi connectivity index (χ0v) is 15.6. The Kier molecular flexibility index (Phi) is 4.26. The maximum absolute atomic E-state index is 12.5. The number of rotatable bonds is 2. The molecule has 25 heavy (non-hydrogen) atoms. The first kappa shape index (κ1) is 16.6. The van der Waals surface area contributed by atoms with Gasteiger partial charge in [-0.05, 0) is 17.7 Å². The lowest BCUT2D eigenvalue weighted by Gasteiger charge is -2.31. The molecule has 128 valence electrons. The van der Waals surface area contributed by atoms with Crippen LogP contribution >= 0.6 is 23.4 Å². The van der Waals surface area contributed by atoms with Crippen LogP contribution in [0.15, 0.2) is 53.6 Å². The highest BCUT2D eigenvalue weighted by Crippen LogP contribution is 2.50. The van der Waals surface area contributed by atoms with E-state index in [0.29, 0.717) is 10.8 Å². The minimum Gasteiger partial charge on any atom is -0.469 e. The van der Waals surface area contributed by atoms with E-state index in [4.69, 9.17) is 16.3 Å². The second-order valence-corrected chi connectivity index (χ2v) is 7.65. The highest BCUT2D eigenvalue weighted by molar-refractivity contribution is 7.99. The van der Waals surface area contributed by atoms with E-state index in [0.717, 1.165) is 5.56 Å². The summed E-state index contributed by atoms with van der Waals surface area (Å²) in [5.74, 6) is 0.132. The number of thioether (sulfide) groups is 1. The number of esters is 1. The Hall–Kier alpha value is -1.91. The minimum absolute atomic E-state index is 0.108. The number of aryl methyl sites for hydroxylation is 1. The van der Waals surface area contributed by atoms with Gasteiger partial charge in [-0.1, -0.05) is 48.0 Å². The first-order chi connectivity index (χ1) is 12.1. The minimum atomic E-state index is -0.256. The van der Waals surface area contributed by atoms with Crippen molar-refractivity contribution in [3.63, 3.8) is 0 Å². The van der Waals surface area contributed by atoms with Crippen molar-refractivity contribution in [1.82, 2.24) is 4.57 Å². The summed E-state index contributed by atoms with van der Waals surface area (Å²) in [6.07, 6.45) is 0. The molecule has 3 nitrogen and oxygen atoms in total. The molecule has 1 aliphatic heterocycles. The normalized spacial score (nSPS) is 19.6. The molecule has 2 aromatic carbocycles. The van der Waals surface area contributed by atoms with Crippen molar-refractivity contribution in [3.8, 4) is 0 Å². The number of aromatic nitrogens is 1. The Morgan fingerprint density at radius 1 is 1.20 bits per heavy atom. The standard InChI is InChI=1S/C20H18ClNO2S/c1-22-16-10-6-4-8-13(16)18-17(12-7-3-5-9-15(12)21)14(20(23)24-2)11-25-19(18)22/h3-10,14,17H,11H2,1-2H3/t14-,17-/m1/s1. The average molecular weight is 372 g/mol. The molecule has 0 N–H and O–H groups in total. The first-order valence-corrected chi connectivity index (χ1v) is 9.52. The fourth-order valence-corrected chi connectivity index (χ4v) is 5.40. The Labute approximate surface area is 155 Å². The largest absolute Gasteiger partial charge is 0.469 e. The fourth-order valence-electron chi connectivity index (χ4n) is 3.80. The van der Waals surface area contributed by atoms with Gasteiger partial charge in [-0.15, -0.1) is 11.8 Å². The number of fused-ring (bicyclic) bond motifs is 3. The van der Waals surface area contributed by atoms with Crippen LogP contribution in [-0.2, 0) is 16.6 Å². The van der Waals surface area contributed by atoms with Crippen molar-refractivity contribution in [1.29, 1.82) is 0 Å². The van der Waals surface area contributed by atoms with Gasteiger partial charge in [0.25, 0.3) is 0 Å². The third kappa shape index (κ3) is 2.55. The Bertz CT molecular complexity index is 965. The van der Waals surface area contributed by atoms with Crippen molar-refractivity contribution < 1.29 is 9.53 Å². The summed E-state index contributed by atoms with van der Waals surface area (Å²) in [7, 11) is 3.53. The molecule has 4 rings (SSSR count). The number of para-hydroxylation sites is 1. The number of ether oxygens (including phenoxy) is 1. The van der Waals surface area contributed by atoms with E-state index in [1.165, 1.54) is 28.6 Å². The molecule has 0 aliphatic carbocycles. The van der Waals surface area contributed by atoms with Gasteiger partial charge in [0.05, 0.1) is 18.1 Å². The number of methoxy groups -OCH3 is 1. The fraction of sp³-hybridized carbons (Fsp3) is 0.250. The molecule has 0 unspecified atom stereocenters. The molecule has 5 heteroatoms. The van der Waals surface area contributed by atoms with Crippen LogP contribution in [0.3, 0.4) is 0 Å². The van der Waals surface area contributed by atoms with Gasteiger partial charge < -0.3 is 9.30 Å². The first-order valence-electron chi connectivity index (χ1n) is 8.16. The highest BCUT2D eigenvalue weighted by atomic mass is 35.5. The second kappa shape index (κ2) is 6.43. The number of nitrogens with zero attached hydrogens (tertiary/aromatic N) is 1. The molecule has 2 atom stereocenters. The molecule has 0 saturated carbocycles. The summed E-state index contributed by atoms with van der Waals surface area (Å²) in [5.41, 5.74) is 3.33. The third-order valence-corrected chi connectivity index (χ3v) is 6.59. The quantitative estimate of drug-likeness (QED) is 0.603. The van der Waals surface area contributed by atoms with Gasteiger partial charge in [0.15, 0.2) is 0 Å². The maximum atomic E-state index is 12.5. The summed E-state index contributed by atoms with van der Waals surface area (Å²) in [6.45, 7) is 0. The lowest BCUT2D eigenvalue weighted by molar-refractivity contribution is -0.145. The van der Waals surface area contributed by atoms with Gasteiger partial charge >= 0.3 is 5.97 Å². The number of hydrogen-bond acceptors (Lipinski definition) is 3. The van der Waals surface area contributed by atoms with Gasteiger partial charge in [0, 0.05) is 40.2 Å². The van der Waals surface area contributed by atoms with Crippen molar-refractivity contribution >= 4 is 40.2 Å². The smallest absolute Gasteiger partial charge is 0.310 e. The van der Waals surface area contributed by atoms with Crippen molar-refractivity contribution in [2.75, 3.05) is 12.9 Å². The number of halogens is 1. The number of hydrogen-bond donors (Lipinski definition) is 0. The van der Waals surface area contributed by atoms with Crippen LogP contribution in [0.4, 0.5) is 0 Å². The summed E-state index contributed by atoms with van der Waals surface area (Å²) >= 11 is 8.25. The highest BCUT2D eigenvalue weighted by Gasteiger charge is 2.40. The van der Waals surface area contributed by atoms with Crippen LogP contribution in [0.25, 0.3) is 10.9 Å². The van der Waals surface area contributed by atoms with Crippen LogP contribution in [0, 0.1) is 5.92 Å². The van der Waals surface area contributed by atoms with Crippen LogP contribution < -0.4 is 0 Å². The van der Waals surface area contributed by atoms with Crippen molar-refractivity contribution in [3.05, 3.63) is 64.7 Å². The van der Waals surface area contributed by atoms with Gasteiger partial charge in [0.2, 0.25) is 0 Å². The topological polar surface area (TPSA) is 31.2 Å². The molecule has 3 aromatic rings. The number of carbonyl (C=O) groups is 1. The summed E-state index contributed by atoms with van der Waals surface area (Å²) in [6, 6.07) is 16.1. The van der Waals surface area contributed by atoms with Crippen LogP contribution in [0.2, 0.25) is 5.02 Å². The maximum Gasteiger partial charge on any atom is 0.310 e. The van der Waals surface area contributed by atoms with Crippen molar-refractivity contribution in [2.24, 2.45) is 13.0 Å². The number of benzene rings is 2. The molecule has 1 aliphatic rings. The van der Waals surface area contributed by atoms with Crippen LogP contribution in [-0.4, -0.2) is 23.4 Å². The van der Waals surface area contributed by atoms with E-state index < -0.39 is 0 Å². The molecule has 0 bridgehead atoms. The monoisotopic (exact) mass is 371 g/mol. The Morgan fingerprint density at radius 3 is 2.68 bits per heavy atom. The molecular weight excluding hydrogens is 354 g/mol.